The summed E-state index contributed by atoms with van der Waals surface area (Å²) < 4.78 is 3.34. The Kier molecular flexibility index (Phi) is 4.37. The molecule has 0 unspecified atom stereocenters. The number of aromatic nitrogens is 3. The summed E-state index contributed by atoms with van der Waals surface area (Å²) >= 11 is 1.65. The third kappa shape index (κ3) is 3.35. The van der Waals surface area contributed by atoms with Crippen LogP contribution in [0.25, 0.3) is 0 Å². The number of carbonyl (C=O) groups excluding carboxylic acids is 1. The summed E-state index contributed by atoms with van der Waals surface area (Å²) in [5.41, 5.74) is -0.00591. The molecular formula is C17H23N5O2S. The molecule has 134 valence electrons. The number of thiophene rings is 1. The van der Waals surface area contributed by atoms with Crippen LogP contribution in [0, 0.1) is 0 Å². The molecule has 0 aromatic carbocycles. The molecule has 0 atom stereocenters. The van der Waals surface area contributed by atoms with E-state index in [1.807, 2.05) is 27.0 Å². The van der Waals surface area contributed by atoms with Gasteiger partial charge >= 0.3 is 11.7 Å². The van der Waals surface area contributed by atoms with Gasteiger partial charge in [0.15, 0.2) is 0 Å². The Bertz CT molecular complexity index is 798. The van der Waals surface area contributed by atoms with Crippen LogP contribution in [0.3, 0.4) is 0 Å². The van der Waals surface area contributed by atoms with Gasteiger partial charge in [0.1, 0.15) is 5.82 Å². The van der Waals surface area contributed by atoms with Gasteiger partial charge in [-0.25, -0.2) is 14.3 Å². The monoisotopic (exact) mass is 361 g/mol. The highest BCUT2D eigenvalue weighted by Gasteiger charge is 2.34. The van der Waals surface area contributed by atoms with Crippen LogP contribution in [0.4, 0.5) is 4.79 Å². The number of carbonyl (C=O) groups is 1. The van der Waals surface area contributed by atoms with Crippen LogP contribution < -0.4 is 11.0 Å². The third-order valence-corrected chi connectivity index (χ3v) is 5.91. The highest BCUT2D eigenvalue weighted by Crippen LogP contribution is 2.37. The zero-order valence-corrected chi connectivity index (χ0v) is 15.2. The van der Waals surface area contributed by atoms with Gasteiger partial charge in [0, 0.05) is 37.0 Å². The quantitative estimate of drug-likeness (QED) is 0.906. The Morgan fingerprint density at radius 1 is 1.32 bits per heavy atom. The first-order chi connectivity index (χ1) is 12.1. The van der Waals surface area contributed by atoms with Crippen LogP contribution in [-0.4, -0.2) is 38.4 Å². The lowest BCUT2D eigenvalue weighted by molar-refractivity contribution is 0.179. The maximum atomic E-state index is 12.3. The second kappa shape index (κ2) is 6.67. The standard InChI is InChI=1S/C17H23N5O2S/c1-20-17(24)22(13-4-5-13)15(19-20)12-6-8-21(9-7-12)16(23)18-11-14-3-2-10-25-14/h2-3,10,12-13H,4-9,11H2,1H3,(H,18,23). The van der Waals surface area contributed by atoms with Gasteiger partial charge in [0.25, 0.3) is 0 Å². The summed E-state index contributed by atoms with van der Waals surface area (Å²) in [4.78, 5) is 27.6. The van der Waals surface area contributed by atoms with E-state index >= 15 is 0 Å². The average molecular weight is 361 g/mol. The molecular weight excluding hydrogens is 338 g/mol. The summed E-state index contributed by atoms with van der Waals surface area (Å²) in [7, 11) is 1.72. The van der Waals surface area contributed by atoms with E-state index in [1.165, 1.54) is 4.68 Å². The molecule has 1 aliphatic carbocycles. The van der Waals surface area contributed by atoms with Gasteiger partial charge in [-0.05, 0) is 37.1 Å². The number of amides is 2. The van der Waals surface area contributed by atoms with Crippen LogP contribution >= 0.6 is 11.3 Å². The second-order valence-corrected chi connectivity index (χ2v) is 7.90. The number of rotatable bonds is 4. The fraction of sp³-hybridized carbons (Fsp3) is 0.588. The van der Waals surface area contributed by atoms with Gasteiger partial charge in [-0.15, -0.1) is 11.3 Å². The number of aryl methyl sites for hydroxylation is 1. The van der Waals surface area contributed by atoms with Crippen molar-refractivity contribution in [3.8, 4) is 0 Å². The highest BCUT2D eigenvalue weighted by molar-refractivity contribution is 7.09. The largest absolute Gasteiger partial charge is 0.345 e. The Morgan fingerprint density at radius 2 is 2.08 bits per heavy atom. The fourth-order valence-corrected chi connectivity index (χ4v) is 4.13. The van der Waals surface area contributed by atoms with Crippen molar-refractivity contribution in [2.24, 2.45) is 7.05 Å². The maximum absolute atomic E-state index is 12.3. The van der Waals surface area contributed by atoms with Crippen molar-refractivity contribution in [2.45, 2.75) is 44.2 Å². The predicted octanol–water partition coefficient (Wildman–Crippen LogP) is 2.07. The normalized spacial score (nSPS) is 18.5. The number of nitrogens with one attached hydrogen (secondary N) is 1. The molecule has 0 bridgehead atoms. The molecule has 2 aromatic rings. The first-order valence-electron chi connectivity index (χ1n) is 8.84. The predicted molar refractivity (Wildman–Crippen MR) is 95.8 cm³/mol. The Balaban J connectivity index is 1.36. The topological polar surface area (TPSA) is 72.2 Å². The number of urea groups is 1. The molecule has 1 saturated carbocycles. The molecule has 2 aliphatic rings. The highest BCUT2D eigenvalue weighted by atomic mass is 32.1. The van der Waals surface area contributed by atoms with Crippen molar-refractivity contribution in [3.05, 3.63) is 38.7 Å². The Morgan fingerprint density at radius 3 is 2.72 bits per heavy atom. The van der Waals surface area contributed by atoms with E-state index in [-0.39, 0.29) is 17.6 Å². The fourth-order valence-electron chi connectivity index (χ4n) is 3.48. The number of hydrogen-bond donors (Lipinski definition) is 1. The summed E-state index contributed by atoms with van der Waals surface area (Å²) in [6, 6.07) is 4.34. The van der Waals surface area contributed by atoms with Crippen LogP contribution in [0.5, 0.6) is 0 Å². The molecule has 0 spiro atoms. The Hall–Kier alpha value is -2.09. The van der Waals surface area contributed by atoms with Crippen molar-refractivity contribution in [1.29, 1.82) is 0 Å². The minimum absolute atomic E-state index is 0.00591. The molecule has 2 aromatic heterocycles. The minimum atomic E-state index is -0.00699. The van der Waals surface area contributed by atoms with Crippen molar-refractivity contribution >= 4 is 17.4 Å². The van der Waals surface area contributed by atoms with Crippen LogP contribution in [0.15, 0.2) is 22.3 Å². The number of piperidine rings is 1. The van der Waals surface area contributed by atoms with Crippen LogP contribution in [0.1, 0.15) is 48.3 Å². The van der Waals surface area contributed by atoms with Crippen molar-refractivity contribution in [1.82, 2.24) is 24.6 Å². The lowest BCUT2D eigenvalue weighted by Gasteiger charge is -2.31. The van der Waals surface area contributed by atoms with Crippen molar-refractivity contribution in [3.63, 3.8) is 0 Å². The summed E-state index contributed by atoms with van der Waals surface area (Å²) in [6.45, 7) is 1.99. The lowest BCUT2D eigenvalue weighted by Crippen LogP contribution is -2.44. The smallest absolute Gasteiger partial charge is 0.333 e. The third-order valence-electron chi connectivity index (χ3n) is 5.04. The zero-order chi connectivity index (χ0) is 17.4. The van der Waals surface area contributed by atoms with Gasteiger partial charge in [-0.2, -0.15) is 5.10 Å². The van der Waals surface area contributed by atoms with Crippen LogP contribution in [0.2, 0.25) is 0 Å². The van der Waals surface area contributed by atoms with Crippen molar-refractivity contribution < 1.29 is 4.79 Å². The number of hydrogen-bond acceptors (Lipinski definition) is 4. The first-order valence-corrected chi connectivity index (χ1v) is 9.72. The lowest BCUT2D eigenvalue weighted by atomic mass is 9.96. The zero-order valence-electron chi connectivity index (χ0n) is 14.4. The molecule has 1 aliphatic heterocycles. The molecule has 2 fully saturated rings. The number of nitrogens with zero attached hydrogens (tertiary/aromatic N) is 4. The van der Waals surface area contributed by atoms with Gasteiger partial charge in [-0.1, -0.05) is 6.07 Å². The van der Waals surface area contributed by atoms with Gasteiger partial charge in [-0.3, -0.25) is 4.57 Å². The van der Waals surface area contributed by atoms with E-state index in [0.717, 1.165) is 36.4 Å². The molecule has 0 radical (unpaired) electrons. The molecule has 8 heteroatoms. The average Bonchev–Trinajstić information content (AvgIpc) is 3.23. The van der Waals surface area contributed by atoms with Gasteiger partial charge in [0.05, 0.1) is 6.54 Å². The summed E-state index contributed by atoms with van der Waals surface area (Å²) in [5.74, 6) is 1.17. The molecule has 25 heavy (non-hydrogen) atoms. The molecule has 2 amide bonds. The minimum Gasteiger partial charge on any atom is -0.333 e. The molecule has 7 nitrogen and oxygen atoms in total. The second-order valence-electron chi connectivity index (χ2n) is 6.86. The molecule has 4 rings (SSSR count). The molecule has 3 heterocycles. The number of likely N-dealkylation sites (tertiary alicyclic amines) is 1. The van der Waals surface area contributed by atoms with E-state index in [4.69, 9.17) is 0 Å². The van der Waals surface area contributed by atoms with E-state index in [9.17, 15) is 9.59 Å². The van der Waals surface area contributed by atoms with E-state index in [1.54, 1.807) is 18.4 Å². The summed E-state index contributed by atoms with van der Waals surface area (Å²) in [6.07, 6.45) is 3.86. The van der Waals surface area contributed by atoms with Crippen LogP contribution in [-0.2, 0) is 13.6 Å². The molecule has 1 saturated heterocycles. The maximum Gasteiger partial charge on any atom is 0.345 e. The molecule has 1 N–H and O–H groups in total. The Labute approximate surface area is 150 Å². The van der Waals surface area contributed by atoms with Gasteiger partial charge in [0.2, 0.25) is 0 Å². The van der Waals surface area contributed by atoms with E-state index < -0.39 is 0 Å². The van der Waals surface area contributed by atoms with E-state index in [0.29, 0.717) is 25.7 Å². The van der Waals surface area contributed by atoms with Gasteiger partial charge < -0.3 is 10.2 Å². The summed E-state index contributed by atoms with van der Waals surface area (Å²) in [5, 5.41) is 9.48. The first kappa shape index (κ1) is 16.4. The van der Waals surface area contributed by atoms with E-state index in [2.05, 4.69) is 10.4 Å². The van der Waals surface area contributed by atoms with Crippen molar-refractivity contribution in [2.75, 3.05) is 13.1 Å². The SMILES string of the molecule is Cn1nc(C2CCN(C(=O)NCc3cccs3)CC2)n(C2CC2)c1=O.